The summed E-state index contributed by atoms with van der Waals surface area (Å²) in [6.07, 6.45) is 2.59. The highest BCUT2D eigenvalue weighted by molar-refractivity contribution is 7.80. The second kappa shape index (κ2) is 9.29. The number of nitrogens with zero attached hydrogens (tertiary/aromatic N) is 1. The van der Waals surface area contributed by atoms with Crippen LogP contribution in [0, 0.1) is 0 Å². The maximum Gasteiger partial charge on any atom is 0.288 e. The van der Waals surface area contributed by atoms with Gasteiger partial charge in [-0.15, -0.1) is 0 Å². The van der Waals surface area contributed by atoms with Crippen LogP contribution in [-0.2, 0) is 4.74 Å². The lowest BCUT2D eigenvalue weighted by atomic mass is 10.3. The summed E-state index contributed by atoms with van der Waals surface area (Å²) in [4.78, 5) is 17.3. The fourth-order valence-electron chi connectivity index (χ4n) is 2.17. The molecule has 22 heavy (non-hydrogen) atoms. The summed E-state index contributed by atoms with van der Waals surface area (Å²) >= 11 is 5.11. The van der Waals surface area contributed by atoms with Gasteiger partial charge in [-0.1, -0.05) is 6.07 Å². The van der Waals surface area contributed by atoms with Gasteiger partial charge in [0.2, 0.25) is 0 Å². The molecule has 1 aromatic heterocycles. The summed E-state index contributed by atoms with van der Waals surface area (Å²) in [5, 5.41) is 3.47. The molecule has 7 nitrogen and oxygen atoms in total. The van der Waals surface area contributed by atoms with Gasteiger partial charge in [0.25, 0.3) is 5.91 Å². The highest BCUT2D eigenvalue weighted by Gasteiger charge is 2.12. The lowest BCUT2D eigenvalue weighted by Crippen LogP contribution is -3.14. The SMILES string of the molecule is O=C(NNC(=S)NCCC[NH+]1CCOCC1)c1ccccn1. The topological polar surface area (TPSA) is 79.7 Å². The second-order valence-electron chi connectivity index (χ2n) is 5.02. The van der Waals surface area contributed by atoms with E-state index in [1.165, 1.54) is 0 Å². The number of amides is 1. The van der Waals surface area contributed by atoms with Crippen LogP contribution in [0.3, 0.4) is 0 Å². The van der Waals surface area contributed by atoms with Crippen molar-refractivity contribution >= 4 is 23.2 Å². The molecular formula is C14H22N5O2S+. The first-order chi connectivity index (χ1) is 10.8. The molecule has 0 aromatic carbocycles. The highest BCUT2D eigenvalue weighted by atomic mass is 32.1. The van der Waals surface area contributed by atoms with E-state index in [-0.39, 0.29) is 5.91 Å². The van der Waals surface area contributed by atoms with Gasteiger partial charge in [0.05, 0.1) is 19.8 Å². The van der Waals surface area contributed by atoms with Crippen molar-refractivity contribution in [1.82, 2.24) is 21.2 Å². The summed E-state index contributed by atoms with van der Waals surface area (Å²) in [5.74, 6) is -0.317. The first kappa shape index (κ1) is 16.6. The molecule has 0 saturated carbocycles. The molecule has 2 rings (SSSR count). The zero-order chi connectivity index (χ0) is 15.6. The third kappa shape index (κ3) is 5.92. The van der Waals surface area contributed by atoms with Crippen molar-refractivity contribution in [2.24, 2.45) is 0 Å². The van der Waals surface area contributed by atoms with Crippen LogP contribution in [0.15, 0.2) is 24.4 Å². The number of hydrogen-bond acceptors (Lipinski definition) is 4. The Bertz CT molecular complexity index is 479. The first-order valence-corrected chi connectivity index (χ1v) is 7.83. The van der Waals surface area contributed by atoms with Crippen LogP contribution in [0.4, 0.5) is 0 Å². The Hall–Kier alpha value is -1.77. The minimum Gasteiger partial charge on any atom is -0.370 e. The molecule has 4 N–H and O–H groups in total. The van der Waals surface area contributed by atoms with Crippen LogP contribution in [0.2, 0.25) is 0 Å². The molecule has 0 unspecified atom stereocenters. The van der Waals surface area contributed by atoms with E-state index in [1.807, 2.05) is 0 Å². The lowest BCUT2D eigenvalue weighted by molar-refractivity contribution is -0.908. The second-order valence-corrected chi connectivity index (χ2v) is 5.42. The van der Waals surface area contributed by atoms with Gasteiger partial charge in [-0.3, -0.25) is 20.6 Å². The summed E-state index contributed by atoms with van der Waals surface area (Å²) in [5.41, 5.74) is 5.53. The van der Waals surface area contributed by atoms with Gasteiger partial charge in [-0.2, -0.15) is 0 Å². The monoisotopic (exact) mass is 324 g/mol. The van der Waals surface area contributed by atoms with E-state index in [1.54, 1.807) is 29.3 Å². The standard InChI is InChI=1S/C14H21N5O2S/c20-13(12-4-1-2-5-15-12)17-18-14(22)16-6-3-7-19-8-10-21-11-9-19/h1-2,4-5H,3,6-11H2,(H,17,20)(H2,16,18,22)/p+1. The molecule has 0 spiro atoms. The molecule has 1 aliphatic rings. The van der Waals surface area contributed by atoms with Crippen LogP contribution >= 0.6 is 12.2 Å². The quantitative estimate of drug-likeness (QED) is 0.300. The van der Waals surface area contributed by atoms with Crippen LogP contribution < -0.4 is 21.1 Å². The highest BCUT2D eigenvalue weighted by Crippen LogP contribution is 1.91. The predicted octanol–water partition coefficient (Wildman–Crippen LogP) is -1.50. The number of nitrogens with one attached hydrogen (secondary N) is 4. The Labute approximate surface area is 135 Å². The van der Waals surface area contributed by atoms with Crippen molar-refractivity contribution in [2.75, 3.05) is 39.4 Å². The molecule has 0 bridgehead atoms. The lowest BCUT2D eigenvalue weighted by Gasteiger charge is -2.23. The van der Waals surface area contributed by atoms with E-state index in [0.717, 1.165) is 45.8 Å². The molecule has 0 atom stereocenters. The summed E-state index contributed by atoms with van der Waals surface area (Å²) in [6, 6.07) is 5.15. The average molecular weight is 324 g/mol. The van der Waals surface area contributed by atoms with Gasteiger partial charge in [0.1, 0.15) is 18.8 Å². The number of quaternary nitrogens is 1. The molecule has 1 aliphatic heterocycles. The van der Waals surface area contributed by atoms with Crippen LogP contribution in [-0.4, -0.2) is 55.4 Å². The molecule has 1 fully saturated rings. The Morgan fingerprint density at radius 3 is 2.86 bits per heavy atom. The number of pyridine rings is 1. The van der Waals surface area contributed by atoms with E-state index in [9.17, 15) is 4.79 Å². The van der Waals surface area contributed by atoms with Crippen molar-refractivity contribution in [3.05, 3.63) is 30.1 Å². The van der Waals surface area contributed by atoms with Crippen molar-refractivity contribution in [1.29, 1.82) is 0 Å². The van der Waals surface area contributed by atoms with E-state index in [4.69, 9.17) is 17.0 Å². The number of rotatable bonds is 5. The number of ether oxygens (including phenoxy) is 1. The Kier molecular flexibility index (Phi) is 7.01. The smallest absolute Gasteiger partial charge is 0.288 e. The van der Waals surface area contributed by atoms with Crippen molar-refractivity contribution in [3.63, 3.8) is 0 Å². The third-order valence-electron chi connectivity index (χ3n) is 3.38. The minimum absolute atomic E-state index is 0.317. The normalized spacial score (nSPS) is 15.1. The fourth-order valence-corrected chi connectivity index (χ4v) is 2.32. The number of carbonyl (C=O) groups excluding carboxylic acids is 1. The summed E-state index contributed by atoms with van der Waals surface area (Å²) in [6.45, 7) is 5.71. The molecular weight excluding hydrogens is 302 g/mol. The molecule has 0 aliphatic carbocycles. The van der Waals surface area contributed by atoms with Crippen molar-refractivity contribution in [3.8, 4) is 0 Å². The van der Waals surface area contributed by atoms with E-state index >= 15 is 0 Å². The van der Waals surface area contributed by atoms with Gasteiger partial charge >= 0.3 is 0 Å². The van der Waals surface area contributed by atoms with E-state index < -0.39 is 0 Å². The van der Waals surface area contributed by atoms with Gasteiger partial charge < -0.3 is 15.0 Å². The molecule has 120 valence electrons. The number of carbonyl (C=O) groups is 1. The van der Waals surface area contributed by atoms with Gasteiger partial charge in [0.15, 0.2) is 5.11 Å². The predicted molar refractivity (Wildman–Crippen MR) is 86.4 cm³/mol. The molecule has 1 aromatic rings. The molecule has 8 heteroatoms. The maximum absolute atomic E-state index is 11.7. The molecule has 0 radical (unpaired) electrons. The molecule has 1 saturated heterocycles. The van der Waals surface area contributed by atoms with Gasteiger partial charge in [-0.25, -0.2) is 0 Å². The van der Waals surface area contributed by atoms with Gasteiger partial charge in [-0.05, 0) is 24.4 Å². The Morgan fingerprint density at radius 1 is 1.32 bits per heavy atom. The zero-order valence-corrected chi connectivity index (χ0v) is 13.2. The summed E-state index contributed by atoms with van der Waals surface area (Å²) in [7, 11) is 0. The van der Waals surface area contributed by atoms with E-state index in [2.05, 4.69) is 21.2 Å². The van der Waals surface area contributed by atoms with Crippen LogP contribution in [0.1, 0.15) is 16.9 Å². The zero-order valence-electron chi connectivity index (χ0n) is 12.4. The first-order valence-electron chi connectivity index (χ1n) is 7.42. The molecule has 2 heterocycles. The average Bonchev–Trinajstić information content (AvgIpc) is 2.58. The minimum atomic E-state index is -0.317. The Morgan fingerprint density at radius 2 is 2.14 bits per heavy atom. The van der Waals surface area contributed by atoms with Crippen molar-refractivity contribution in [2.45, 2.75) is 6.42 Å². The number of morpholine rings is 1. The third-order valence-corrected chi connectivity index (χ3v) is 3.63. The van der Waals surface area contributed by atoms with Crippen LogP contribution in [0.25, 0.3) is 0 Å². The number of hydrogen-bond donors (Lipinski definition) is 4. The maximum atomic E-state index is 11.7. The number of hydrazine groups is 1. The van der Waals surface area contributed by atoms with E-state index in [0.29, 0.717) is 10.8 Å². The largest absolute Gasteiger partial charge is 0.370 e. The fraction of sp³-hybridized carbons (Fsp3) is 0.500. The number of thiocarbonyl (C=S) groups is 1. The summed E-state index contributed by atoms with van der Waals surface area (Å²) < 4.78 is 5.32. The number of aromatic nitrogens is 1. The Balaban J connectivity index is 1.55. The van der Waals surface area contributed by atoms with Gasteiger partial charge in [0, 0.05) is 19.2 Å². The van der Waals surface area contributed by atoms with Crippen molar-refractivity contribution < 1.29 is 14.4 Å². The van der Waals surface area contributed by atoms with Crippen LogP contribution in [0.5, 0.6) is 0 Å². The molecule has 1 amide bonds.